The Kier molecular flexibility index (Phi) is 2.69. The molecular formula is C17H11N5O3. The van der Waals surface area contributed by atoms with Gasteiger partial charge in [0.15, 0.2) is 11.2 Å². The number of aromatic nitrogens is 5. The number of nitrogens with one attached hydrogen (secondary N) is 1. The highest BCUT2D eigenvalue weighted by molar-refractivity contribution is 5.85. The summed E-state index contributed by atoms with van der Waals surface area (Å²) in [5.41, 5.74) is 3.90. The lowest BCUT2D eigenvalue weighted by Crippen LogP contribution is -2.14. The van der Waals surface area contributed by atoms with Crippen LogP contribution in [0.2, 0.25) is 0 Å². The predicted molar refractivity (Wildman–Crippen MR) is 89.0 cm³/mol. The molecule has 0 aliphatic heterocycles. The largest absolute Gasteiger partial charge is 0.444 e. The van der Waals surface area contributed by atoms with E-state index in [0.717, 1.165) is 16.6 Å². The second-order valence-corrected chi connectivity index (χ2v) is 5.66. The van der Waals surface area contributed by atoms with Crippen LogP contribution in [0.3, 0.4) is 0 Å². The summed E-state index contributed by atoms with van der Waals surface area (Å²) < 4.78 is 11.8. The zero-order valence-electron chi connectivity index (χ0n) is 13.1. The van der Waals surface area contributed by atoms with Crippen molar-refractivity contribution < 1.29 is 8.94 Å². The Labute approximate surface area is 139 Å². The molecule has 5 rings (SSSR count). The molecule has 1 aromatic carbocycles. The maximum absolute atomic E-state index is 12.4. The standard InChI is InChI=1S/C17H11N5O3/c1-9-11-6-10(2-3-14(11)25-21-9)13-7-15(23)22-16(20-13)12(8-19-22)17-18-4-5-24-17/h2-8,20H,1H3. The average Bonchev–Trinajstić information content (AvgIpc) is 3.34. The Hall–Kier alpha value is -3.68. The number of fused-ring (bicyclic) bond motifs is 2. The molecule has 0 saturated heterocycles. The summed E-state index contributed by atoms with van der Waals surface area (Å²) in [6, 6.07) is 7.14. The van der Waals surface area contributed by atoms with E-state index in [0.29, 0.717) is 28.4 Å². The smallest absolute Gasteiger partial charge is 0.274 e. The van der Waals surface area contributed by atoms with E-state index in [1.165, 1.54) is 16.8 Å². The van der Waals surface area contributed by atoms with Gasteiger partial charge in [0.25, 0.3) is 5.56 Å². The number of hydrogen-bond donors (Lipinski definition) is 1. The maximum Gasteiger partial charge on any atom is 0.274 e. The molecule has 0 aliphatic carbocycles. The number of aryl methyl sites for hydroxylation is 1. The molecule has 8 nitrogen and oxygen atoms in total. The highest BCUT2D eigenvalue weighted by atomic mass is 16.5. The van der Waals surface area contributed by atoms with Gasteiger partial charge in [0.2, 0.25) is 5.89 Å². The summed E-state index contributed by atoms with van der Waals surface area (Å²) in [5.74, 6) is 0.396. The molecule has 0 fully saturated rings. The van der Waals surface area contributed by atoms with Crippen molar-refractivity contribution in [2.24, 2.45) is 0 Å². The topological polar surface area (TPSA) is 102 Å². The van der Waals surface area contributed by atoms with Gasteiger partial charge in [-0.05, 0) is 30.7 Å². The van der Waals surface area contributed by atoms with Crippen molar-refractivity contribution >= 4 is 16.6 Å². The van der Waals surface area contributed by atoms with Crippen molar-refractivity contribution in [1.29, 1.82) is 0 Å². The summed E-state index contributed by atoms with van der Waals surface area (Å²) in [4.78, 5) is 19.8. The van der Waals surface area contributed by atoms with Crippen molar-refractivity contribution in [3.8, 4) is 22.7 Å². The number of H-pyrrole nitrogens is 1. The molecule has 25 heavy (non-hydrogen) atoms. The minimum atomic E-state index is -0.247. The molecule has 0 atom stereocenters. The van der Waals surface area contributed by atoms with E-state index >= 15 is 0 Å². The van der Waals surface area contributed by atoms with Crippen LogP contribution in [0.15, 0.2) is 56.7 Å². The number of hydrogen-bond acceptors (Lipinski definition) is 6. The van der Waals surface area contributed by atoms with Crippen LogP contribution in [0.5, 0.6) is 0 Å². The van der Waals surface area contributed by atoms with Gasteiger partial charge in [0.05, 0.1) is 23.8 Å². The van der Waals surface area contributed by atoms with Crippen LogP contribution in [-0.2, 0) is 0 Å². The third-order valence-corrected chi connectivity index (χ3v) is 4.12. The highest BCUT2D eigenvalue weighted by Crippen LogP contribution is 2.26. The fraction of sp³-hybridized carbons (Fsp3) is 0.0588. The summed E-state index contributed by atoms with van der Waals surface area (Å²) >= 11 is 0. The number of nitrogens with zero attached hydrogens (tertiary/aromatic N) is 4. The van der Waals surface area contributed by atoms with Crippen LogP contribution in [0.25, 0.3) is 39.3 Å². The zero-order valence-corrected chi connectivity index (χ0v) is 13.1. The molecule has 0 saturated carbocycles. The number of rotatable bonds is 2. The van der Waals surface area contributed by atoms with E-state index in [1.54, 1.807) is 12.4 Å². The van der Waals surface area contributed by atoms with E-state index in [1.807, 2.05) is 25.1 Å². The first-order chi connectivity index (χ1) is 12.2. The van der Waals surface area contributed by atoms with Crippen LogP contribution in [0.4, 0.5) is 0 Å². The second kappa shape index (κ2) is 4.91. The van der Waals surface area contributed by atoms with Crippen molar-refractivity contribution in [2.45, 2.75) is 6.92 Å². The van der Waals surface area contributed by atoms with Gasteiger partial charge in [-0.2, -0.15) is 9.61 Å². The molecule has 8 heteroatoms. The zero-order chi connectivity index (χ0) is 17.0. The fourth-order valence-electron chi connectivity index (χ4n) is 2.88. The monoisotopic (exact) mass is 333 g/mol. The molecule has 0 radical (unpaired) electrons. The van der Waals surface area contributed by atoms with Crippen LogP contribution < -0.4 is 5.56 Å². The molecule has 4 heterocycles. The van der Waals surface area contributed by atoms with E-state index < -0.39 is 0 Å². The molecule has 1 N–H and O–H groups in total. The molecule has 4 aromatic heterocycles. The summed E-state index contributed by atoms with van der Waals surface area (Å²) in [7, 11) is 0. The molecule has 122 valence electrons. The van der Waals surface area contributed by atoms with E-state index in [-0.39, 0.29) is 5.56 Å². The first-order valence-electron chi connectivity index (χ1n) is 7.58. The van der Waals surface area contributed by atoms with Crippen molar-refractivity contribution in [1.82, 2.24) is 24.7 Å². The minimum Gasteiger partial charge on any atom is -0.444 e. The van der Waals surface area contributed by atoms with Crippen molar-refractivity contribution in [3.05, 3.63) is 59.0 Å². The normalized spacial score (nSPS) is 11.6. The van der Waals surface area contributed by atoms with Gasteiger partial charge >= 0.3 is 0 Å². The second-order valence-electron chi connectivity index (χ2n) is 5.66. The Morgan fingerprint density at radius 3 is 3.00 bits per heavy atom. The lowest BCUT2D eigenvalue weighted by molar-refractivity contribution is 0.450. The predicted octanol–water partition coefficient (Wildman–Crippen LogP) is 2.79. The third kappa shape index (κ3) is 2.01. The highest BCUT2D eigenvalue weighted by Gasteiger charge is 2.15. The number of aromatic amines is 1. The number of oxazole rings is 1. The molecule has 0 aliphatic rings. The molecule has 0 bridgehead atoms. The van der Waals surface area contributed by atoms with Gasteiger partial charge in [0, 0.05) is 11.5 Å². The Morgan fingerprint density at radius 1 is 1.24 bits per heavy atom. The first kappa shape index (κ1) is 13.7. The van der Waals surface area contributed by atoms with E-state index in [9.17, 15) is 4.79 Å². The molecule has 5 aromatic rings. The van der Waals surface area contributed by atoms with Gasteiger partial charge in [-0.15, -0.1) is 0 Å². The quantitative estimate of drug-likeness (QED) is 0.533. The lowest BCUT2D eigenvalue weighted by Gasteiger charge is -2.04. The summed E-state index contributed by atoms with van der Waals surface area (Å²) in [6.45, 7) is 1.87. The van der Waals surface area contributed by atoms with E-state index in [4.69, 9.17) is 8.94 Å². The van der Waals surface area contributed by atoms with Gasteiger partial charge in [-0.1, -0.05) is 5.16 Å². The Bertz CT molecular complexity index is 1280. The van der Waals surface area contributed by atoms with Crippen LogP contribution in [0.1, 0.15) is 5.69 Å². The van der Waals surface area contributed by atoms with Gasteiger partial charge in [0.1, 0.15) is 11.8 Å². The van der Waals surface area contributed by atoms with Crippen molar-refractivity contribution in [2.75, 3.05) is 0 Å². The molecule has 0 spiro atoms. The van der Waals surface area contributed by atoms with Crippen LogP contribution >= 0.6 is 0 Å². The van der Waals surface area contributed by atoms with Crippen molar-refractivity contribution in [3.63, 3.8) is 0 Å². The fourth-order valence-corrected chi connectivity index (χ4v) is 2.88. The summed E-state index contributed by atoms with van der Waals surface area (Å²) in [5, 5.41) is 8.97. The first-order valence-corrected chi connectivity index (χ1v) is 7.58. The van der Waals surface area contributed by atoms with Gasteiger partial charge < -0.3 is 13.9 Å². The lowest BCUT2D eigenvalue weighted by atomic mass is 10.1. The molecular weight excluding hydrogens is 322 g/mol. The number of benzene rings is 1. The Morgan fingerprint density at radius 2 is 2.16 bits per heavy atom. The average molecular weight is 333 g/mol. The van der Waals surface area contributed by atoms with Crippen LogP contribution in [-0.4, -0.2) is 24.7 Å². The maximum atomic E-state index is 12.4. The van der Waals surface area contributed by atoms with Gasteiger partial charge in [-0.25, -0.2) is 4.98 Å². The third-order valence-electron chi connectivity index (χ3n) is 4.12. The molecule has 0 unspecified atom stereocenters. The minimum absolute atomic E-state index is 0.247. The Balaban J connectivity index is 1.76. The van der Waals surface area contributed by atoms with E-state index in [2.05, 4.69) is 20.2 Å². The summed E-state index contributed by atoms with van der Waals surface area (Å²) in [6.07, 6.45) is 4.57. The SMILES string of the molecule is Cc1noc2ccc(-c3cc(=O)n4ncc(-c5ncco5)c4[nH]3)cc12. The van der Waals surface area contributed by atoms with Crippen LogP contribution in [0, 0.1) is 6.92 Å². The van der Waals surface area contributed by atoms with Gasteiger partial charge in [-0.3, -0.25) is 4.79 Å². The molecule has 0 amide bonds.